The third-order valence-corrected chi connectivity index (χ3v) is 3.43. The monoisotopic (exact) mass is 357 g/mol. The summed E-state index contributed by atoms with van der Waals surface area (Å²) in [6, 6.07) is 19.4. The number of ether oxygens (including phenoxy) is 2. The molecular weight excluding hydrogens is 346 g/mol. The molecule has 0 amide bonds. The Morgan fingerprint density at radius 1 is 0.889 bits per heavy atom. The van der Waals surface area contributed by atoms with Crippen molar-refractivity contribution in [2.45, 2.75) is 0 Å². The van der Waals surface area contributed by atoms with Gasteiger partial charge in [0.25, 0.3) is 0 Å². The van der Waals surface area contributed by atoms with Crippen molar-refractivity contribution in [3.05, 3.63) is 77.4 Å². The molecule has 0 atom stereocenters. The summed E-state index contributed by atoms with van der Waals surface area (Å²) in [5, 5.41) is 27.3. The number of rotatable bonds is 5. The minimum Gasteiger partial charge on any atom is -0.477 e. The van der Waals surface area contributed by atoms with Gasteiger partial charge < -0.3 is 14.6 Å². The number of benzene rings is 2. The summed E-state index contributed by atoms with van der Waals surface area (Å²) >= 11 is 0. The summed E-state index contributed by atoms with van der Waals surface area (Å²) in [6.07, 6.45) is 0. The molecule has 3 rings (SSSR count). The van der Waals surface area contributed by atoms with Gasteiger partial charge in [0.1, 0.15) is 17.1 Å². The lowest BCUT2D eigenvalue weighted by atomic mass is 10.2. The standard InChI is InChI=1S/C20H11N3O4/c21-11-13-3-1-5-15(9-13)26-18-8-7-17(20(24)25)19(23-18)27-16-6-2-4-14(10-16)12-22/h1-10H,(H,24,25). The third kappa shape index (κ3) is 4.19. The van der Waals surface area contributed by atoms with E-state index in [0.29, 0.717) is 16.9 Å². The zero-order valence-corrected chi connectivity index (χ0v) is 13.8. The van der Waals surface area contributed by atoms with Gasteiger partial charge in [-0.05, 0) is 42.5 Å². The van der Waals surface area contributed by atoms with Crippen molar-refractivity contribution in [3.63, 3.8) is 0 Å². The van der Waals surface area contributed by atoms with Gasteiger partial charge in [-0.2, -0.15) is 15.5 Å². The molecule has 7 nitrogen and oxygen atoms in total. The van der Waals surface area contributed by atoms with Crippen molar-refractivity contribution in [1.29, 1.82) is 10.5 Å². The van der Waals surface area contributed by atoms with Crippen LogP contribution in [0, 0.1) is 22.7 Å². The highest BCUT2D eigenvalue weighted by molar-refractivity contribution is 5.90. The van der Waals surface area contributed by atoms with E-state index in [1.807, 2.05) is 12.1 Å². The van der Waals surface area contributed by atoms with Crippen LogP contribution in [0.1, 0.15) is 21.5 Å². The molecule has 0 saturated heterocycles. The normalized spacial score (nSPS) is 9.70. The Balaban J connectivity index is 1.94. The maximum absolute atomic E-state index is 11.4. The molecule has 0 bridgehead atoms. The number of hydrogen-bond donors (Lipinski definition) is 1. The van der Waals surface area contributed by atoms with E-state index in [9.17, 15) is 9.90 Å². The molecule has 3 aromatic rings. The average Bonchev–Trinajstić information content (AvgIpc) is 2.68. The van der Waals surface area contributed by atoms with Crippen molar-refractivity contribution in [3.8, 4) is 35.4 Å². The molecule has 1 heterocycles. The second-order valence-corrected chi connectivity index (χ2v) is 5.29. The quantitative estimate of drug-likeness (QED) is 0.730. The summed E-state index contributed by atoms with van der Waals surface area (Å²) in [7, 11) is 0. The van der Waals surface area contributed by atoms with Crippen LogP contribution in [0.25, 0.3) is 0 Å². The molecule has 0 saturated carbocycles. The topological polar surface area (TPSA) is 116 Å². The maximum atomic E-state index is 11.4. The lowest BCUT2D eigenvalue weighted by Gasteiger charge is -2.10. The molecule has 0 spiro atoms. The Bertz CT molecular complexity index is 1100. The van der Waals surface area contributed by atoms with E-state index in [0.717, 1.165) is 0 Å². The van der Waals surface area contributed by atoms with Gasteiger partial charge in [-0.25, -0.2) is 4.79 Å². The van der Waals surface area contributed by atoms with Crippen LogP contribution in [0.3, 0.4) is 0 Å². The third-order valence-electron chi connectivity index (χ3n) is 3.43. The van der Waals surface area contributed by atoms with E-state index < -0.39 is 5.97 Å². The average molecular weight is 357 g/mol. The molecule has 0 fully saturated rings. The fraction of sp³-hybridized carbons (Fsp3) is 0. The molecule has 2 aromatic carbocycles. The van der Waals surface area contributed by atoms with Crippen molar-refractivity contribution >= 4 is 5.97 Å². The van der Waals surface area contributed by atoms with E-state index in [2.05, 4.69) is 4.98 Å². The van der Waals surface area contributed by atoms with Crippen LogP contribution in [0.15, 0.2) is 60.7 Å². The van der Waals surface area contributed by atoms with Gasteiger partial charge in [0, 0.05) is 6.07 Å². The Kier molecular flexibility index (Phi) is 4.97. The first-order valence-electron chi connectivity index (χ1n) is 7.69. The summed E-state index contributed by atoms with van der Waals surface area (Å²) in [4.78, 5) is 15.5. The van der Waals surface area contributed by atoms with Crippen LogP contribution in [0.5, 0.6) is 23.3 Å². The number of carboxylic acids is 1. The summed E-state index contributed by atoms with van der Waals surface area (Å²) in [5.74, 6) is -0.644. The largest absolute Gasteiger partial charge is 0.477 e. The van der Waals surface area contributed by atoms with Crippen LogP contribution < -0.4 is 9.47 Å². The van der Waals surface area contributed by atoms with E-state index in [4.69, 9.17) is 20.0 Å². The van der Waals surface area contributed by atoms with Crippen molar-refractivity contribution in [1.82, 2.24) is 4.98 Å². The second-order valence-electron chi connectivity index (χ2n) is 5.29. The minimum absolute atomic E-state index is 0.0986. The lowest BCUT2D eigenvalue weighted by Crippen LogP contribution is -2.03. The molecule has 1 N–H and O–H groups in total. The zero-order chi connectivity index (χ0) is 19.2. The van der Waals surface area contributed by atoms with Crippen LogP contribution in [0.4, 0.5) is 0 Å². The molecule has 7 heteroatoms. The number of nitriles is 2. The highest BCUT2D eigenvalue weighted by atomic mass is 16.5. The Morgan fingerprint density at radius 3 is 2.04 bits per heavy atom. The molecule has 0 aliphatic rings. The SMILES string of the molecule is N#Cc1cccc(Oc2ccc(C(=O)O)c(Oc3cccc(C#N)c3)n2)c1. The molecule has 130 valence electrons. The Hall–Kier alpha value is -4.36. The number of carboxylic acid groups (broad SMARTS) is 1. The number of nitrogens with zero attached hydrogens (tertiary/aromatic N) is 3. The Morgan fingerprint density at radius 2 is 1.48 bits per heavy atom. The minimum atomic E-state index is -1.22. The first kappa shape index (κ1) is 17.5. The van der Waals surface area contributed by atoms with E-state index in [1.165, 1.54) is 24.3 Å². The highest BCUT2D eigenvalue weighted by Crippen LogP contribution is 2.29. The predicted molar refractivity (Wildman–Crippen MR) is 93.7 cm³/mol. The van der Waals surface area contributed by atoms with Crippen LogP contribution in [0.2, 0.25) is 0 Å². The number of carbonyl (C=O) groups is 1. The molecule has 0 aliphatic heterocycles. The zero-order valence-electron chi connectivity index (χ0n) is 13.8. The van der Waals surface area contributed by atoms with Crippen LogP contribution in [-0.4, -0.2) is 16.1 Å². The summed E-state index contributed by atoms with van der Waals surface area (Å²) < 4.78 is 11.2. The molecule has 0 unspecified atom stereocenters. The molecule has 0 radical (unpaired) electrons. The van der Waals surface area contributed by atoms with Gasteiger partial charge >= 0.3 is 5.97 Å². The van der Waals surface area contributed by atoms with Gasteiger partial charge in [-0.1, -0.05) is 12.1 Å². The lowest BCUT2D eigenvalue weighted by molar-refractivity contribution is 0.0693. The fourth-order valence-electron chi connectivity index (χ4n) is 2.21. The molecule has 27 heavy (non-hydrogen) atoms. The number of aromatic carboxylic acids is 1. The van der Waals surface area contributed by atoms with Crippen molar-refractivity contribution < 1.29 is 19.4 Å². The Labute approximate surface area is 154 Å². The van der Waals surface area contributed by atoms with E-state index in [1.54, 1.807) is 36.4 Å². The first-order chi connectivity index (χ1) is 13.1. The van der Waals surface area contributed by atoms with E-state index in [-0.39, 0.29) is 23.1 Å². The predicted octanol–water partition coefficient (Wildman–Crippen LogP) is 4.11. The molecular formula is C20H11N3O4. The van der Waals surface area contributed by atoms with Crippen molar-refractivity contribution in [2.75, 3.05) is 0 Å². The van der Waals surface area contributed by atoms with Gasteiger partial charge in [-0.15, -0.1) is 0 Å². The van der Waals surface area contributed by atoms with Gasteiger partial charge in [0.15, 0.2) is 0 Å². The summed E-state index contributed by atoms with van der Waals surface area (Å²) in [6.45, 7) is 0. The van der Waals surface area contributed by atoms with Crippen molar-refractivity contribution in [2.24, 2.45) is 0 Å². The maximum Gasteiger partial charge on any atom is 0.341 e. The van der Waals surface area contributed by atoms with Crippen LogP contribution in [-0.2, 0) is 0 Å². The number of hydrogen-bond acceptors (Lipinski definition) is 6. The highest BCUT2D eigenvalue weighted by Gasteiger charge is 2.16. The summed E-state index contributed by atoms with van der Waals surface area (Å²) in [5.41, 5.74) is 0.625. The van der Waals surface area contributed by atoms with Gasteiger partial charge in [-0.3, -0.25) is 0 Å². The number of aromatic nitrogens is 1. The first-order valence-corrected chi connectivity index (χ1v) is 7.69. The fourth-order valence-corrected chi connectivity index (χ4v) is 2.21. The van der Waals surface area contributed by atoms with Gasteiger partial charge in [0.2, 0.25) is 11.8 Å². The van der Waals surface area contributed by atoms with E-state index >= 15 is 0 Å². The smallest absolute Gasteiger partial charge is 0.341 e. The second kappa shape index (κ2) is 7.68. The number of pyridine rings is 1. The van der Waals surface area contributed by atoms with Crippen LogP contribution >= 0.6 is 0 Å². The molecule has 1 aromatic heterocycles. The molecule has 0 aliphatic carbocycles. The van der Waals surface area contributed by atoms with Gasteiger partial charge in [0.05, 0.1) is 23.3 Å².